The Kier molecular flexibility index (Phi) is 5.06. The van der Waals surface area contributed by atoms with Crippen molar-refractivity contribution in [2.75, 3.05) is 6.54 Å². The first-order valence-electron chi connectivity index (χ1n) is 7.76. The van der Waals surface area contributed by atoms with Gasteiger partial charge in [-0.25, -0.2) is 0 Å². The molecule has 8 heteroatoms. The third-order valence-corrected chi connectivity index (χ3v) is 5.47. The third-order valence-electron chi connectivity index (χ3n) is 4.03. The van der Waals surface area contributed by atoms with Crippen molar-refractivity contribution in [3.8, 4) is 5.69 Å². The lowest BCUT2D eigenvalue weighted by Crippen LogP contribution is -2.36. The summed E-state index contributed by atoms with van der Waals surface area (Å²) >= 11 is 4.24. The van der Waals surface area contributed by atoms with Crippen LogP contribution in [0.5, 0.6) is 0 Å². The summed E-state index contributed by atoms with van der Waals surface area (Å²) in [6, 6.07) is 9.87. The predicted molar refractivity (Wildman–Crippen MR) is 105 cm³/mol. The van der Waals surface area contributed by atoms with Crippen molar-refractivity contribution in [1.82, 2.24) is 9.47 Å². The summed E-state index contributed by atoms with van der Waals surface area (Å²) in [5, 5.41) is -0.484. The fraction of sp³-hybridized carbons (Fsp3) is 0.167. The SMILES string of the molecule is Cc1cc(/C=C2\SC(=O)N(CC(N)=O)C2=O)c(C)n1-c1ccc(Br)cc1. The molecule has 3 amide bonds. The number of nitrogens with two attached hydrogens (primary N) is 1. The zero-order valence-corrected chi connectivity index (χ0v) is 16.6. The van der Waals surface area contributed by atoms with Gasteiger partial charge in [-0.15, -0.1) is 0 Å². The second kappa shape index (κ2) is 7.13. The number of aryl methyl sites for hydroxylation is 1. The Balaban J connectivity index is 1.96. The molecule has 1 aliphatic heterocycles. The standard InChI is InChI=1S/C18H16BrN3O3S/c1-10-7-12(11(2)22(10)14-5-3-13(19)4-6-14)8-15-17(24)21(9-16(20)23)18(25)26-15/h3-8H,9H2,1-2H3,(H2,20,23)/b15-8-. The van der Waals surface area contributed by atoms with Crippen LogP contribution < -0.4 is 5.73 Å². The van der Waals surface area contributed by atoms with Crippen LogP contribution in [-0.2, 0) is 9.59 Å². The number of imide groups is 1. The number of hydrogen-bond donors (Lipinski definition) is 1. The number of carbonyl (C=O) groups excluding carboxylic acids is 3. The van der Waals surface area contributed by atoms with Crippen LogP contribution in [0.25, 0.3) is 11.8 Å². The van der Waals surface area contributed by atoms with Crippen molar-refractivity contribution in [2.24, 2.45) is 5.73 Å². The highest BCUT2D eigenvalue weighted by molar-refractivity contribution is 9.10. The molecule has 0 aliphatic carbocycles. The number of nitrogens with zero attached hydrogens (tertiary/aromatic N) is 2. The second-order valence-corrected chi connectivity index (χ2v) is 7.78. The van der Waals surface area contributed by atoms with Crippen LogP contribution in [0, 0.1) is 13.8 Å². The minimum Gasteiger partial charge on any atom is -0.368 e. The summed E-state index contributed by atoms with van der Waals surface area (Å²) in [5.74, 6) is -1.21. The maximum absolute atomic E-state index is 12.4. The highest BCUT2D eigenvalue weighted by Crippen LogP contribution is 2.33. The molecule has 0 radical (unpaired) electrons. The van der Waals surface area contributed by atoms with Crippen molar-refractivity contribution in [3.05, 3.63) is 56.7 Å². The van der Waals surface area contributed by atoms with Gasteiger partial charge in [0.2, 0.25) is 5.91 Å². The van der Waals surface area contributed by atoms with Gasteiger partial charge >= 0.3 is 0 Å². The van der Waals surface area contributed by atoms with Crippen LogP contribution in [0.2, 0.25) is 0 Å². The van der Waals surface area contributed by atoms with Crippen LogP contribution in [-0.4, -0.2) is 33.1 Å². The first-order valence-corrected chi connectivity index (χ1v) is 9.37. The molecule has 0 saturated carbocycles. The Morgan fingerprint density at radius 3 is 2.50 bits per heavy atom. The molecule has 1 aromatic heterocycles. The molecule has 2 heterocycles. The summed E-state index contributed by atoms with van der Waals surface area (Å²) in [6.07, 6.45) is 1.68. The summed E-state index contributed by atoms with van der Waals surface area (Å²) in [6.45, 7) is 3.53. The molecule has 26 heavy (non-hydrogen) atoms. The number of rotatable bonds is 4. The number of primary amides is 1. The largest absolute Gasteiger partial charge is 0.368 e. The maximum Gasteiger partial charge on any atom is 0.294 e. The van der Waals surface area contributed by atoms with E-state index < -0.39 is 23.6 Å². The lowest BCUT2D eigenvalue weighted by Gasteiger charge is -2.10. The minimum absolute atomic E-state index is 0.285. The molecule has 0 unspecified atom stereocenters. The minimum atomic E-state index is -0.720. The normalized spacial score (nSPS) is 16.0. The summed E-state index contributed by atoms with van der Waals surface area (Å²) in [4.78, 5) is 36.5. The van der Waals surface area contributed by atoms with Crippen LogP contribution in [0.4, 0.5) is 4.79 Å². The van der Waals surface area contributed by atoms with E-state index >= 15 is 0 Å². The number of thioether (sulfide) groups is 1. The molecule has 6 nitrogen and oxygen atoms in total. The number of amides is 3. The second-order valence-electron chi connectivity index (χ2n) is 5.87. The fourth-order valence-electron chi connectivity index (χ4n) is 2.85. The van der Waals surface area contributed by atoms with Crippen molar-refractivity contribution in [3.63, 3.8) is 0 Å². The molecule has 1 aromatic carbocycles. The lowest BCUT2D eigenvalue weighted by atomic mass is 10.2. The van der Waals surface area contributed by atoms with Gasteiger partial charge < -0.3 is 10.3 Å². The smallest absolute Gasteiger partial charge is 0.294 e. The Morgan fingerprint density at radius 2 is 1.88 bits per heavy atom. The maximum atomic E-state index is 12.4. The number of halogens is 1. The summed E-state index contributed by atoms with van der Waals surface area (Å²) in [7, 11) is 0. The molecule has 134 valence electrons. The Hall–Kier alpha value is -2.32. The molecule has 0 spiro atoms. The molecule has 2 aromatic rings. The molecular formula is C18H16BrN3O3S. The molecule has 2 N–H and O–H groups in total. The van der Waals surface area contributed by atoms with E-state index in [1.54, 1.807) is 6.08 Å². The Morgan fingerprint density at radius 1 is 1.23 bits per heavy atom. The highest BCUT2D eigenvalue weighted by atomic mass is 79.9. The quantitative estimate of drug-likeness (QED) is 0.748. The van der Waals surface area contributed by atoms with Gasteiger partial charge in [-0.2, -0.15) is 0 Å². The van der Waals surface area contributed by atoms with Gasteiger partial charge in [0.05, 0.1) is 4.91 Å². The van der Waals surface area contributed by atoms with Crippen molar-refractivity contribution in [2.45, 2.75) is 13.8 Å². The van der Waals surface area contributed by atoms with Gasteiger partial charge in [0.25, 0.3) is 11.1 Å². The summed E-state index contributed by atoms with van der Waals surface area (Å²) in [5.41, 5.74) is 8.90. The molecular weight excluding hydrogens is 418 g/mol. The van der Waals surface area contributed by atoms with E-state index in [1.165, 1.54) is 0 Å². The van der Waals surface area contributed by atoms with Gasteiger partial charge in [0, 0.05) is 21.5 Å². The summed E-state index contributed by atoms with van der Waals surface area (Å²) < 4.78 is 3.07. The van der Waals surface area contributed by atoms with E-state index in [4.69, 9.17) is 5.73 Å². The number of carbonyl (C=O) groups is 3. The topological polar surface area (TPSA) is 85.4 Å². The van der Waals surface area contributed by atoms with Crippen LogP contribution in [0.3, 0.4) is 0 Å². The van der Waals surface area contributed by atoms with E-state index in [9.17, 15) is 14.4 Å². The van der Waals surface area contributed by atoms with Gasteiger partial charge in [0.15, 0.2) is 0 Å². The van der Waals surface area contributed by atoms with Gasteiger partial charge in [-0.05, 0) is 67.6 Å². The van der Waals surface area contributed by atoms with Gasteiger partial charge in [-0.1, -0.05) is 15.9 Å². The molecule has 1 fully saturated rings. The van der Waals surface area contributed by atoms with Crippen molar-refractivity contribution >= 4 is 50.8 Å². The molecule has 3 rings (SSSR count). The Labute approximate surface area is 163 Å². The average molecular weight is 434 g/mol. The van der Waals surface area contributed by atoms with E-state index in [1.807, 2.05) is 44.2 Å². The zero-order chi connectivity index (χ0) is 19.0. The first-order chi connectivity index (χ1) is 12.3. The van der Waals surface area contributed by atoms with Crippen LogP contribution in [0.15, 0.2) is 39.7 Å². The van der Waals surface area contributed by atoms with E-state index in [-0.39, 0.29) is 4.91 Å². The molecule has 1 saturated heterocycles. The average Bonchev–Trinajstić information content (AvgIpc) is 2.99. The van der Waals surface area contributed by atoms with E-state index in [0.29, 0.717) is 0 Å². The Bertz CT molecular complexity index is 947. The fourth-order valence-corrected chi connectivity index (χ4v) is 3.95. The molecule has 0 atom stereocenters. The van der Waals surface area contributed by atoms with Gasteiger partial charge in [-0.3, -0.25) is 19.3 Å². The highest BCUT2D eigenvalue weighted by Gasteiger charge is 2.36. The first kappa shape index (κ1) is 18.5. The third kappa shape index (κ3) is 3.47. The van der Waals surface area contributed by atoms with Crippen LogP contribution >= 0.6 is 27.7 Å². The van der Waals surface area contributed by atoms with Crippen LogP contribution in [0.1, 0.15) is 17.0 Å². The zero-order valence-electron chi connectivity index (χ0n) is 14.2. The van der Waals surface area contributed by atoms with Crippen molar-refractivity contribution in [1.29, 1.82) is 0 Å². The number of benzene rings is 1. The molecule has 1 aliphatic rings. The number of hydrogen-bond acceptors (Lipinski definition) is 4. The monoisotopic (exact) mass is 433 g/mol. The number of aromatic nitrogens is 1. The molecule has 0 bridgehead atoms. The van der Waals surface area contributed by atoms with E-state index in [2.05, 4.69) is 20.5 Å². The van der Waals surface area contributed by atoms with Crippen molar-refractivity contribution < 1.29 is 14.4 Å². The van der Waals surface area contributed by atoms with Gasteiger partial charge in [0.1, 0.15) is 6.54 Å². The van der Waals surface area contributed by atoms with E-state index in [0.717, 1.165) is 43.8 Å². The lowest BCUT2D eigenvalue weighted by molar-refractivity contribution is -0.127. The predicted octanol–water partition coefficient (Wildman–Crippen LogP) is 3.38.